The SMILES string of the molecule is CC1(O)CCCCC1n1nc(-c2ccc(Oc3ccccc3)cc2)c2c(N)ncnc21. The number of nitrogen functional groups attached to an aromatic ring is 1. The van der Waals surface area contributed by atoms with E-state index in [9.17, 15) is 5.11 Å². The lowest BCUT2D eigenvalue weighted by atomic mass is 9.82. The molecule has 31 heavy (non-hydrogen) atoms. The zero-order chi connectivity index (χ0) is 21.4. The normalized spacial score (nSPS) is 21.3. The van der Waals surface area contributed by atoms with Crippen molar-refractivity contribution in [1.82, 2.24) is 19.7 Å². The third-order valence-corrected chi connectivity index (χ3v) is 6.05. The van der Waals surface area contributed by atoms with E-state index >= 15 is 0 Å². The van der Waals surface area contributed by atoms with E-state index in [0.29, 0.717) is 22.5 Å². The van der Waals surface area contributed by atoms with Crippen molar-refractivity contribution >= 4 is 16.9 Å². The van der Waals surface area contributed by atoms with Gasteiger partial charge in [0.05, 0.1) is 17.0 Å². The monoisotopic (exact) mass is 415 g/mol. The van der Waals surface area contributed by atoms with Gasteiger partial charge in [0, 0.05) is 5.56 Å². The molecular formula is C24H25N5O2. The molecule has 0 bridgehead atoms. The Kier molecular flexibility index (Phi) is 4.82. The molecule has 0 amide bonds. The molecule has 4 aromatic rings. The first-order valence-electron chi connectivity index (χ1n) is 10.6. The maximum atomic E-state index is 11.0. The van der Waals surface area contributed by atoms with E-state index in [-0.39, 0.29) is 6.04 Å². The minimum atomic E-state index is -0.846. The Labute approximate surface area is 180 Å². The number of ether oxygens (including phenoxy) is 1. The van der Waals surface area contributed by atoms with Gasteiger partial charge in [-0.25, -0.2) is 14.6 Å². The number of benzene rings is 2. The molecule has 2 unspecified atom stereocenters. The highest BCUT2D eigenvalue weighted by Crippen LogP contribution is 2.40. The summed E-state index contributed by atoms with van der Waals surface area (Å²) in [4.78, 5) is 8.66. The number of hydrogen-bond donors (Lipinski definition) is 2. The molecule has 0 aliphatic heterocycles. The van der Waals surface area contributed by atoms with Gasteiger partial charge in [-0.05, 0) is 56.2 Å². The lowest BCUT2D eigenvalue weighted by molar-refractivity contribution is -0.0277. The highest BCUT2D eigenvalue weighted by Gasteiger charge is 2.38. The highest BCUT2D eigenvalue weighted by atomic mass is 16.5. The van der Waals surface area contributed by atoms with Crippen LogP contribution in [0.4, 0.5) is 5.82 Å². The number of nitrogens with zero attached hydrogens (tertiary/aromatic N) is 4. The molecule has 0 radical (unpaired) electrons. The third-order valence-electron chi connectivity index (χ3n) is 6.05. The van der Waals surface area contributed by atoms with Gasteiger partial charge in [-0.1, -0.05) is 31.0 Å². The summed E-state index contributed by atoms with van der Waals surface area (Å²) in [5, 5.41) is 16.6. The summed E-state index contributed by atoms with van der Waals surface area (Å²) in [5.41, 5.74) is 7.65. The van der Waals surface area contributed by atoms with Crippen LogP contribution in [0.5, 0.6) is 11.5 Å². The molecule has 7 heteroatoms. The van der Waals surface area contributed by atoms with Crippen LogP contribution >= 0.6 is 0 Å². The Balaban J connectivity index is 1.56. The smallest absolute Gasteiger partial charge is 0.164 e. The molecule has 1 fully saturated rings. The number of aromatic nitrogens is 4. The zero-order valence-electron chi connectivity index (χ0n) is 17.4. The Morgan fingerprint density at radius 3 is 2.52 bits per heavy atom. The highest BCUT2D eigenvalue weighted by molar-refractivity contribution is 5.98. The summed E-state index contributed by atoms with van der Waals surface area (Å²) in [6.07, 6.45) is 5.09. The number of fused-ring (bicyclic) bond motifs is 1. The first kappa shape index (κ1) is 19.5. The molecule has 158 valence electrons. The number of hydrogen-bond acceptors (Lipinski definition) is 6. The third kappa shape index (κ3) is 3.61. The molecular weight excluding hydrogens is 390 g/mol. The Bertz CT molecular complexity index is 1200. The van der Waals surface area contributed by atoms with Gasteiger partial charge >= 0.3 is 0 Å². The lowest BCUT2D eigenvalue weighted by Gasteiger charge is -2.37. The van der Waals surface area contributed by atoms with E-state index in [1.807, 2.05) is 66.2 Å². The van der Waals surface area contributed by atoms with Gasteiger partial charge in [0.1, 0.15) is 29.3 Å². The molecule has 0 spiro atoms. The Hall–Kier alpha value is -3.45. The number of aliphatic hydroxyl groups is 1. The summed E-state index contributed by atoms with van der Waals surface area (Å²) >= 11 is 0. The van der Waals surface area contributed by atoms with Crippen LogP contribution in [0.1, 0.15) is 38.6 Å². The predicted molar refractivity (Wildman–Crippen MR) is 120 cm³/mol. The average molecular weight is 415 g/mol. The molecule has 1 aliphatic rings. The van der Waals surface area contributed by atoms with Gasteiger partial charge in [-0.3, -0.25) is 0 Å². The van der Waals surface area contributed by atoms with Crippen molar-refractivity contribution in [3.8, 4) is 22.8 Å². The minimum absolute atomic E-state index is 0.160. The van der Waals surface area contributed by atoms with E-state index in [4.69, 9.17) is 15.6 Å². The first-order chi connectivity index (χ1) is 15.0. The number of nitrogens with two attached hydrogens (primary N) is 1. The summed E-state index contributed by atoms with van der Waals surface area (Å²) < 4.78 is 7.74. The van der Waals surface area contributed by atoms with Crippen LogP contribution in [0, 0.1) is 0 Å². The minimum Gasteiger partial charge on any atom is -0.457 e. The molecule has 2 aromatic heterocycles. The van der Waals surface area contributed by atoms with Crippen LogP contribution in [-0.4, -0.2) is 30.5 Å². The van der Waals surface area contributed by atoms with Crippen molar-refractivity contribution in [3.63, 3.8) is 0 Å². The predicted octanol–water partition coefficient (Wildman–Crippen LogP) is 4.73. The van der Waals surface area contributed by atoms with Crippen molar-refractivity contribution in [1.29, 1.82) is 0 Å². The van der Waals surface area contributed by atoms with Crippen molar-refractivity contribution in [2.75, 3.05) is 5.73 Å². The van der Waals surface area contributed by atoms with Gasteiger partial charge in [0.15, 0.2) is 5.65 Å². The van der Waals surface area contributed by atoms with Gasteiger partial charge in [-0.15, -0.1) is 0 Å². The number of rotatable bonds is 4. The molecule has 3 N–H and O–H groups in total. The standard InChI is InChI=1S/C24H25N5O2/c1-24(30)14-6-5-9-19(24)29-23-20(22(25)26-15-27-23)21(28-29)16-10-12-18(13-11-16)31-17-7-3-2-4-8-17/h2-4,7-8,10-13,15,19,30H,5-6,9,14H2,1H3,(H2,25,26,27). The van der Waals surface area contributed by atoms with Crippen molar-refractivity contribution in [2.24, 2.45) is 0 Å². The first-order valence-corrected chi connectivity index (χ1v) is 10.6. The molecule has 2 heterocycles. The fourth-order valence-electron chi connectivity index (χ4n) is 4.40. The topological polar surface area (TPSA) is 99.1 Å². The van der Waals surface area contributed by atoms with Gasteiger partial charge < -0.3 is 15.6 Å². The molecule has 1 aliphatic carbocycles. The van der Waals surface area contributed by atoms with E-state index in [2.05, 4.69) is 9.97 Å². The summed E-state index contributed by atoms with van der Waals surface area (Å²) in [7, 11) is 0. The number of anilines is 1. The van der Waals surface area contributed by atoms with E-state index in [0.717, 1.165) is 42.7 Å². The number of para-hydroxylation sites is 1. The fourth-order valence-corrected chi connectivity index (χ4v) is 4.40. The molecule has 5 rings (SSSR count). The van der Waals surface area contributed by atoms with E-state index in [1.54, 1.807) is 0 Å². The van der Waals surface area contributed by atoms with Gasteiger partial charge in [-0.2, -0.15) is 5.10 Å². The Morgan fingerprint density at radius 2 is 1.77 bits per heavy atom. The van der Waals surface area contributed by atoms with Crippen LogP contribution in [0.25, 0.3) is 22.3 Å². The second-order valence-corrected chi connectivity index (χ2v) is 8.31. The van der Waals surface area contributed by atoms with Gasteiger partial charge in [0.25, 0.3) is 0 Å². The van der Waals surface area contributed by atoms with Crippen LogP contribution in [0.3, 0.4) is 0 Å². The van der Waals surface area contributed by atoms with E-state index < -0.39 is 5.60 Å². The molecule has 7 nitrogen and oxygen atoms in total. The largest absolute Gasteiger partial charge is 0.457 e. The summed E-state index contributed by atoms with van der Waals surface area (Å²) in [6, 6.07) is 17.2. The van der Waals surface area contributed by atoms with Crippen molar-refractivity contribution in [3.05, 3.63) is 60.9 Å². The molecule has 2 atom stereocenters. The summed E-state index contributed by atoms with van der Waals surface area (Å²) in [5.74, 6) is 1.89. The summed E-state index contributed by atoms with van der Waals surface area (Å²) in [6.45, 7) is 1.88. The molecule has 2 aromatic carbocycles. The van der Waals surface area contributed by atoms with Crippen molar-refractivity contribution in [2.45, 2.75) is 44.2 Å². The van der Waals surface area contributed by atoms with Gasteiger partial charge in [0.2, 0.25) is 0 Å². The lowest BCUT2D eigenvalue weighted by Crippen LogP contribution is -2.39. The van der Waals surface area contributed by atoms with Crippen LogP contribution in [-0.2, 0) is 0 Å². The zero-order valence-corrected chi connectivity index (χ0v) is 17.4. The second-order valence-electron chi connectivity index (χ2n) is 8.31. The van der Waals surface area contributed by atoms with Crippen molar-refractivity contribution < 1.29 is 9.84 Å². The fraction of sp³-hybridized carbons (Fsp3) is 0.292. The quantitative estimate of drug-likeness (QED) is 0.500. The van der Waals surface area contributed by atoms with E-state index in [1.165, 1.54) is 6.33 Å². The van der Waals surface area contributed by atoms with Crippen LogP contribution in [0.2, 0.25) is 0 Å². The maximum absolute atomic E-state index is 11.0. The second kappa shape index (κ2) is 7.67. The maximum Gasteiger partial charge on any atom is 0.164 e. The van der Waals surface area contributed by atoms with Crippen LogP contribution in [0.15, 0.2) is 60.9 Å². The molecule has 0 saturated heterocycles. The average Bonchev–Trinajstić information content (AvgIpc) is 3.15. The Morgan fingerprint density at radius 1 is 1.03 bits per heavy atom. The van der Waals surface area contributed by atoms with Crippen LogP contribution < -0.4 is 10.5 Å². The molecule has 1 saturated carbocycles.